The first-order valence-corrected chi connectivity index (χ1v) is 5.70. The van der Waals surface area contributed by atoms with Gasteiger partial charge in [-0.25, -0.2) is 0 Å². The monoisotopic (exact) mass is 236 g/mol. The molecule has 6 heteroatoms. The Kier molecular flexibility index (Phi) is 3.53. The van der Waals surface area contributed by atoms with Crippen molar-refractivity contribution >= 4 is 11.4 Å². The maximum atomic E-state index is 10.8. The summed E-state index contributed by atoms with van der Waals surface area (Å²) in [7, 11) is 2.06. The quantitative estimate of drug-likeness (QED) is 0.636. The second-order valence-corrected chi connectivity index (χ2v) is 4.40. The normalized spacial score (nSPS) is 21.1. The van der Waals surface area contributed by atoms with E-state index in [2.05, 4.69) is 22.2 Å². The van der Waals surface area contributed by atoms with Crippen LogP contribution in [0.15, 0.2) is 18.5 Å². The van der Waals surface area contributed by atoms with Crippen LogP contribution < -0.4 is 5.32 Å². The van der Waals surface area contributed by atoms with E-state index in [0.29, 0.717) is 5.69 Å². The number of likely N-dealkylation sites (N-methyl/N-ethyl adjacent to an activating group) is 1. The second-order valence-electron chi connectivity index (χ2n) is 4.40. The number of nitro groups is 1. The first-order valence-electron chi connectivity index (χ1n) is 5.70. The number of likely N-dealkylation sites (tertiary alicyclic amines) is 1. The van der Waals surface area contributed by atoms with Crippen LogP contribution in [0.2, 0.25) is 0 Å². The lowest BCUT2D eigenvalue weighted by Gasteiger charge is -2.30. The minimum absolute atomic E-state index is 0.0423. The zero-order valence-corrected chi connectivity index (χ0v) is 9.80. The van der Waals surface area contributed by atoms with E-state index in [9.17, 15) is 10.1 Å². The Labute approximate surface area is 99.8 Å². The van der Waals surface area contributed by atoms with Gasteiger partial charge < -0.3 is 10.2 Å². The Hall–Kier alpha value is -1.69. The molecule has 0 saturated carbocycles. The number of hydrogen-bond donors (Lipinski definition) is 1. The number of piperidine rings is 1. The number of nitrogens with one attached hydrogen (secondary N) is 1. The van der Waals surface area contributed by atoms with Crippen molar-refractivity contribution in [2.75, 3.05) is 25.5 Å². The highest BCUT2D eigenvalue weighted by Gasteiger charge is 2.20. The van der Waals surface area contributed by atoms with Gasteiger partial charge in [0.25, 0.3) is 0 Å². The number of aromatic nitrogens is 1. The summed E-state index contributed by atoms with van der Waals surface area (Å²) in [6, 6.07) is 1.93. The maximum Gasteiger partial charge on any atom is 0.310 e. The second kappa shape index (κ2) is 5.09. The molecule has 0 aliphatic carbocycles. The molecule has 1 unspecified atom stereocenters. The van der Waals surface area contributed by atoms with Crippen LogP contribution in [0, 0.1) is 10.1 Å². The SMILES string of the molecule is CN1CCCC(Nc2ccncc2[N+](=O)[O-])C1. The number of anilines is 1. The van der Waals surface area contributed by atoms with E-state index in [-0.39, 0.29) is 11.7 Å². The molecule has 1 aromatic heterocycles. The molecular weight excluding hydrogens is 220 g/mol. The van der Waals surface area contributed by atoms with E-state index in [1.165, 1.54) is 6.20 Å². The number of rotatable bonds is 3. The number of nitrogens with zero attached hydrogens (tertiary/aromatic N) is 3. The molecule has 6 nitrogen and oxygen atoms in total. The van der Waals surface area contributed by atoms with Crippen molar-refractivity contribution in [2.24, 2.45) is 0 Å². The van der Waals surface area contributed by atoms with Gasteiger partial charge in [0.15, 0.2) is 0 Å². The molecule has 0 spiro atoms. The van der Waals surface area contributed by atoms with E-state index >= 15 is 0 Å². The third kappa shape index (κ3) is 2.91. The summed E-state index contributed by atoms with van der Waals surface area (Å²) in [6.07, 6.45) is 5.02. The third-order valence-electron chi connectivity index (χ3n) is 2.98. The van der Waals surface area contributed by atoms with Crippen LogP contribution >= 0.6 is 0 Å². The Bertz CT molecular complexity index is 410. The van der Waals surface area contributed by atoms with Crippen molar-refractivity contribution in [1.82, 2.24) is 9.88 Å². The van der Waals surface area contributed by atoms with E-state index in [1.807, 2.05) is 0 Å². The van der Waals surface area contributed by atoms with Crippen molar-refractivity contribution in [1.29, 1.82) is 0 Å². The van der Waals surface area contributed by atoms with Crippen molar-refractivity contribution in [3.8, 4) is 0 Å². The van der Waals surface area contributed by atoms with Crippen LogP contribution in [0.5, 0.6) is 0 Å². The summed E-state index contributed by atoms with van der Waals surface area (Å²) in [4.78, 5) is 16.5. The molecule has 0 radical (unpaired) electrons. The molecule has 1 aromatic rings. The predicted molar refractivity (Wildman–Crippen MR) is 65.0 cm³/mol. The fourth-order valence-corrected chi connectivity index (χ4v) is 2.16. The zero-order chi connectivity index (χ0) is 12.3. The fraction of sp³-hybridized carbons (Fsp3) is 0.545. The van der Waals surface area contributed by atoms with Crippen LogP contribution in [0.4, 0.5) is 11.4 Å². The number of pyridine rings is 1. The lowest BCUT2D eigenvalue weighted by Crippen LogP contribution is -2.39. The molecule has 1 aliphatic heterocycles. The van der Waals surface area contributed by atoms with E-state index in [4.69, 9.17) is 0 Å². The summed E-state index contributed by atoms with van der Waals surface area (Å²) < 4.78 is 0. The largest absolute Gasteiger partial charge is 0.375 e. The molecule has 92 valence electrons. The van der Waals surface area contributed by atoms with Gasteiger partial charge in [0.2, 0.25) is 0 Å². The van der Waals surface area contributed by atoms with Gasteiger partial charge in [-0.3, -0.25) is 15.1 Å². The summed E-state index contributed by atoms with van der Waals surface area (Å²) in [5, 5.41) is 14.1. The summed E-state index contributed by atoms with van der Waals surface area (Å²) in [5.74, 6) is 0. The lowest BCUT2D eigenvalue weighted by atomic mass is 10.1. The predicted octanol–water partition coefficient (Wildman–Crippen LogP) is 1.50. The maximum absolute atomic E-state index is 10.8. The summed E-state index contributed by atoms with van der Waals surface area (Å²) in [6.45, 7) is 2.01. The van der Waals surface area contributed by atoms with Gasteiger partial charge in [0, 0.05) is 18.8 Å². The molecule has 2 heterocycles. The van der Waals surface area contributed by atoms with E-state index in [1.54, 1.807) is 12.3 Å². The average Bonchev–Trinajstić information content (AvgIpc) is 2.29. The standard InChI is InChI=1S/C11H16N4O2/c1-14-6-2-3-9(8-14)13-10-4-5-12-7-11(10)15(16)17/h4-5,7,9H,2-3,6,8H2,1H3,(H,12,13). The smallest absolute Gasteiger partial charge is 0.310 e. The lowest BCUT2D eigenvalue weighted by molar-refractivity contribution is -0.384. The average molecular weight is 236 g/mol. The van der Waals surface area contributed by atoms with Gasteiger partial charge in [0.05, 0.1) is 4.92 Å². The minimum Gasteiger partial charge on any atom is -0.375 e. The van der Waals surface area contributed by atoms with Gasteiger partial charge in [-0.05, 0) is 32.5 Å². The van der Waals surface area contributed by atoms with Crippen LogP contribution in [0.1, 0.15) is 12.8 Å². The van der Waals surface area contributed by atoms with Gasteiger partial charge in [-0.2, -0.15) is 0 Å². The number of hydrogen-bond acceptors (Lipinski definition) is 5. The molecule has 1 N–H and O–H groups in total. The van der Waals surface area contributed by atoms with Gasteiger partial charge in [0.1, 0.15) is 11.9 Å². The van der Waals surface area contributed by atoms with Crippen molar-refractivity contribution in [3.63, 3.8) is 0 Å². The van der Waals surface area contributed by atoms with Crippen LogP contribution in [0.3, 0.4) is 0 Å². The first kappa shape index (κ1) is 11.8. The Morgan fingerprint density at radius 3 is 3.18 bits per heavy atom. The first-order chi connectivity index (χ1) is 8.16. The van der Waals surface area contributed by atoms with E-state index in [0.717, 1.165) is 25.9 Å². The molecule has 0 bridgehead atoms. The minimum atomic E-state index is -0.401. The third-order valence-corrected chi connectivity index (χ3v) is 2.98. The molecule has 1 fully saturated rings. The highest BCUT2D eigenvalue weighted by Crippen LogP contribution is 2.24. The molecule has 1 atom stereocenters. The highest BCUT2D eigenvalue weighted by atomic mass is 16.6. The zero-order valence-electron chi connectivity index (χ0n) is 9.80. The van der Waals surface area contributed by atoms with Crippen molar-refractivity contribution in [3.05, 3.63) is 28.6 Å². The summed E-state index contributed by atoms with van der Waals surface area (Å²) in [5.41, 5.74) is 0.603. The van der Waals surface area contributed by atoms with E-state index < -0.39 is 4.92 Å². The molecular formula is C11H16N4O2. The Balaban J connectivity index is 2.10. The van der Waals surface area contributed by atoms with Crippen molar-refractivity contribution in [2.45, 2.75) is 18.9 Å². The van der Waals surface area contributed by atoms with Crippen LogP contribution in [-0.2, 0) is 0 Å². The van der Waals surface area contributed by atoms with Gasteiger partial charge in [-0.15, -0.1) is 0 Å². The van der Waals surface area contributed by atoms with Crippen LogP contribution in [-0.4, -0.2) is 41.0 Å². The van der Waals surface area contributed by atoms with Gasteiger partial charge >= 0.3 is 5.69 Å². The Morgan fingerprint density at radius 2 is 2.47 bits per heavy atom. The topological polar surface area (TPSA) is 71.3 Å². The van der Waals surface area contributed by atoms with Gasteiger partial charge in [-0.1, -0.05) is 0 Å². The molecule has 0 amide bonds. The molecule has 17 heavy (non-hydrogen) atoms. The Morgan fingerprint density at radius 1 is 1.65 bits per heavy atom. The molecule has 1 saturated heterocycles. The fourth-order valence-electron chi connectivity index (χ4n) is 2.16. The molecule has 2 rings (SSSR count). The highest BCUT2D eigenvalue weighted by molar-refractivity contribution is 5.60. The van der Waals surface area contributed by atoms with Crippen LogP contribution in [0.25, 0.3) is 0 Å². The molecule has 1 aliphatic rings. The summed E-state index contributed by atoms with van der Waals surface area (Å²) >= 11 is 0. The van der Waals surface area contributed by atoms with Crippen molar-refractivity contribution < 1.29 is 4.92 Å². The molecule has 0 aromatic carbocycles.